The summed E-state index contributed by atoms with van der Waals surface area (Å²) in [4.78, 5) is 24.5. The molecule has 0 saturated carbocycles. The molecule has 0 aromatic rings. The third-order valence-electron chi connectivity index (χ3n) is 2.92. The van der Waals surface area contributed by atoms with Crippen molar-refractivity contribution in [1.29, 1.82) is 0 Å². The largest absolute Gasteiger partial charge is 0.354 e. The predicted octanol–water partition coefficient (Wildman–Crippen LogP) is -1.57. The molecule has 1 aliphatic heterocycles. The molecule has 1 aliphatic rings. The van der Waals surface area contributed by atoms with Crippen LogP contribution in [0, 0.1) is 5.92 Å². The Morgan fingerprint density at radius 1 is 1.60 bits per heavy atom. The molecule has 6 heteroatoms. The average molecular weight is 214 g/mol. The van der Waals surface area contributed by atoms with Gasteiger partial charge in [-0.15, -0.1) is 0 Å². The Labute approximate surface area is 89.1 Å². The van der Waals surface area contributed by atoms with Crippen molar-refractivity contribution in [3.8, 4) is 0 Å². The van der Waals surface area contributed by atoms with Crippen molar-refractivity contribution in [1.82, 2.24) is 15.6 Å². The molecular weight excluding hydrogens is 196 g/mol. The number of rotatable bonds is 3. The first-order chi connectivity index (χ1) is 7.06. The van der Waals surface area contributed by atoms with Crippen molar-refractivity contribution in [2.45, 2.75) is 19.9 Å². The highest BCUT2D eigenvalue weighted by atomic mass is 16.2. The molecule has 0 aromatic heterocycles. The van der Waals surface area contributed by atoms with E-state index in [4.69, 9.17) is 5.84 Å². The quantitative estimate of drug-likeness (QED) is 0.301. The fourth-order valence-electron chi connectivity index (χ4n) is 1.67. The van der Waals surface area contributed by atoms with Crippen molar-refractivity contribution in [3.63, 3.8) is 0 Å². The van der Waals surface area contributed by atoms with Gasteiger partial charge in [0.2, 0.25) is 11.8 Å². The van der Waals surface area contributed by atoms with Crippen LogP contribution in [0.4, 0.5) is 0 Å². The first-order valence-electron chi connectivity index (χ1n) is 5.07. The van der Waals surface area contributed by atoms with Crippen LogP contribution in [0.25, 0.3) is 0 Å². The van der Waals surface area contributed by atoms with E-state index >= 15 is 0 Å². The Morgan fingerprint density at radius 3 is 2.80 bits per heavy atom. The number of hydrazine groups is 1. The molecule has 1 saturated heterocycles. The van der Waals surface area contributed by atoms with E-state index in [1.54, 1.807) is 6.92 Å². The van der Waals surface area contributed by atoms with Gasteiger partial charge in [-0.25, -0.2) is 5.84 Å². The summed E-state index contributed by atoms with van der Waals surface area (Å²) in [6, 6.07) is 0.0135. The van der Waals surface area contributed by atoms with Gasteiger partial charge < -0.3 is 5.32 Å². The minimum absolute atomic E-state index is 0.00783. The Balaban J connectivity index is 2.54. The lowest BCUT2D eigenvalue weighted by Crippen LogP contribution is -2.54. The molecule has 1 fully saturated rings. The summed E-state index contributed by atoms with van der Waals surface area (Å²) in [6.45, 7) is 5.50. The molecule has 2 atom stereocenters. The zero-order valence-electron chi connectivity index (χ0n) is 9.12. The summed E-state index contributed by atoms with van der Waals surface area (Å²) in [6.07, 6.45) is 0. The SMILES string of the molecule is CC(C(=O)NN)C(C)N1CCNC(=O)C1. The molecular formula is C9H18N4O2. The molecule has 2 unspecified atom stereocenters. The maximum absolute atomic E-state index is 11.3. The summed E-state index contributed by atoms with van der Waals surface area (Å²) in [5.41, 5.74) is 2.13. The van der Waals surface area contributed by atoms with Crippen LogP contribution < -0.4 is 16.6 Å². The minimum Gasteiger partial charge on any atom is -0.354 e. The average Bonchev–Trinajstić information content (AvgIpc) is 2.26. The van der Waals surface area contributed by atoms with Gasteiger partial charge >= 0.3 is 0 Å². The van der Waals surface area contributed by atoms with Crippen LogP contribution in [-0.2, 0) is 9.59 Å². The Bertz CT molecular complexity index is 256. The van der Waals surface area contributed by atoms with Crippen LogP contribution in [0.1, 0.15) is 13.8 Å². The van der Waals surface area contributed by atoms with E-state index in [1.165, 1.54) is 0 Å². The number of piperazine rings is 1. The van der Waals surface area contributed by atoms with E-state index in [-0.39, 0.29) is 23.8 Å². The second-order valence-electron chi connectivity index (χ2n) is 3.86. The molecule has 0 bridgehead atoms. The topological polar surface area (TPSA) is 87.5 Å². The van der Waals surface area contributed by atoms with Crippen LogP contribution in [0.2, 0.25) is 0 Å². The van der Waals surface area contributed by atoms with Crippen molar-refractivity contribution in [3.05, 3.63) is 0 Å². The second-order valence-corrected chi connectivity index (χ2v) is 3.86. The highest BCUT2D eigenvalue weighted by molar-refractivity contribution is 5.80. The van der Waals surface area contributed by atoms with Crippen molar-refractivity contribution >= 4 is 11.8 Å². The Kier molecular flexibility index (Phi) is 4.05. The van der Waals surface area contributed by atoms with E-state index in [9.17, 15) is 9.59 Å². The van der Waals surface area contributed by atoms with Gasteiger partial charge in [0.1, 0.15) is 0 Å². The molecule has 15 heavy (non-hydrogen) atoms. The van der Waals surface area contributed by atoms with Gasteiger partial charge in [0.15, 0.2) is 0 Å². The van der Waals surface area contributed by atoms with Crippen LogP contribution in [0.3, 0.4) is 0 Å². The number of nitrogens with two attached hydrogens (primary N) is 1. The maximum Gasteiger partial charge on any atom is 0.238 e. The van der Waals surface area contributed by atoms with E-state index in [0.29, 0.717) is 13.1 Å². The zero-order chi connectivity index (χ0) is 11.4. The normalized spacial score (nSPS) is 21.7. The Morgan fingerprint density at radius 2 is 2.27 bits per heavy atom. The lowest BCUT2D eigenvalue weighted by atomic mass is 10.0. The molecule has 2 amide bonds. The number of carbonyl (C=O) groups is 2. The minimum atomic E-state index is -0.221. The summed E-state index contributed by atoms with van der Waals surface area (Å²) in [5.74, 6) is 4.66. The van der Waals surface area contributed by atoms with E-state index < -0.39 is 0 Å². The number of nitrogens with one attached hydrogen (secondary N) is 2. The summed E-state index contributed by atoms with van der Waals surface area (Å²) < 4.78 is 0. The zero-order valence-corrected chi connectivity index (χ0v) is 9.12. The van der Waals surface area contributed by atoms with E-state index in [1.807, 2.05) is 11.8 Å². The molecule has 0 radical (unpaired) electrons. The first kappa shape index (κ1) is 11.9. The lowest BCUT2D eigenvalue weighted by molar-refractivity contribution is -0.130. The number of hydrogen-bond donors (Lipinski definition) is 3. The molecule has 0 spiro atoms. The highest BCUT2D eigenvalue weighted by Crippen LogP contribution is 2.11. The monoisotopic (exact) mass is 214 g/mol. The van der Waals surface area contributed by atoms with Gasteiger partial charge in [0, 0.05) is 19.1 Å². The van der Waals surface area contributed by atoms with E-state index in [2.05, 4.69) is 10.7 Å². The third-order valence-corrected chi connectivity index (χ3v) is 2.92. The van der Waals surface area contributed by atoms with Gasteiger partial charge in [-0.3, -0.25) is 19.9 Å². The van der Waals surface area contributed by atoms with E-state index in [0.717, 1.165) is 6.54 Å². The van der Waals surface area contributed by atoms with Crippen molar-refractivity contribution in [2.75, 3.05) is 19.6 Å². The number of carbonyl (C=O) groups excluding carboxylic acids is 2. The smallest absolute Gasteiger partial charge is 0.238 e. The standard InChI is InChI=1S/C9H18N4O2/c1-6(9(15)12-10)7(2)13-4-3-11-8(14)5-13/h6-7H,3-5,10H2,1-2H3,(H,11,14)(H,12,15). The van der Waals surface area contributed by atoms with Gasteiger partial charge in [0.05, 0.1) is 12.5 Å². The molecule has 6 nitrogen and oxygen atoms in total. The molecule has 86 valence electrons. The molecule has 0 aliphatic carbocycles. The number of nitrogens with zero attached hydrogens (tertiary/aromatic N) is 1. The van der Waals surface area contributed by atoms with Crippen LogP contribution in [0.5, 0.6) is 0 Å². The maximum atomic E-state index is 11.3. The van der Waals surface area contributed by atoms with Gasteiger partial charge in [-0.05, 0) is 6.92 Å². The first-order valence-corrected chi connectivity index (χ1v) is 5.07. The van der Waals surface area contributed by atoms with Crippen LogP contribution >= 0.6 is 0 Å². The molecule has 4 N–H and O–H groups in total. The van der Waals surface area contributed by atoms with Gasteiger partial charge in [0.25, 0.3) is 0 Å². The fraction of sp³-hybridized carbons (Fsp3) is 0.778. The van der Waals surface area contributed by atoms with Gasteiger partial charge in [-0.1, -0.05) is 6.92 Å². The molecule has 1 heterocycles. The predicted molar refractivity (Wildman–Crippen MR) is 55.5 cm³/mol. The highest BCUT2D eigenvalue weighted by Gasteiger charge is 2.28. The van der Waals surface area contributed by atoms with Crippen LogP contribution in [0.15, 0.2) is 0 Å². The molecule has 1 rings (SSSR count). The van der Waals surface area contributed by atoms with Crippen molar-refractivity contribution < 1.29 is 9.59 Å². The lowest BCUT2D eigenvalue weighted by Gasteiger charge is -2.34. The summed E-state index contributed by atoms with van der Waals surface area (Å²) in [5, 5.41) is 2.74. The Hall–Kier alpha value is -1.14. The summed E-state index contributed by atoms with van der Waals surface area (Å²) in [7, 11) is 0. The van der Waals surface area contributed by atoms with Crippen LogP contribution in [-0.4, -0.2) is 42.4 Å². The fourth-order valence-corrected chi connectivity index (χ4v) is 1.67. The van der Waals surface area contributed by atoms with Gasteiger partial charge in [-0.2, -0.15) is 0 Å². The summed E-state index contributed by atoms with van der Waals surface area (Å²) >= 11 is 0. The third kappa shape index (κ3) is 2.90. The second kappa shape index (κ2) is 5.09. The number of hydrogen-bond acceptors (Lipinski definition) is 4. The number of amides is 2. The molecule has 0 aromatic carbocycles. The van der Waals surface area contributed by atoms with Crippen molar-refractivity contribution in [2.24, 2.45) is 11.8 Å².